The fraction of sp³-hybridized carbons (Fsp3) is 0.250. The first-order valence-corrected chi connectivity index (χ1v) is 8.62. The fourth-order valence-corrected chi connectivity index (χ4v) is 2.95. The summed E-state index contributed by atoms with van der Waals surface area (Å²) in [5.41, 5.74) is 0. The predicted molar refractivity (Wildman–Crippen MR) is 92.4 cm³/mol. The largest absolute Gasteiger partial charge is 0.491 e. The van der Waals surface area contributed by atoms with Gasteiger partial charge in [-0.15, -0.1) is 10.2 Å². The zero-order valence-electron chi connectivity index (χ0n) is 12.9. The van der Waals surface area contributed by atoms with E-state index in [0.29, 0.717) is 33.3 Å². The normalized spacial score (nSPS) is 12.3. The van der Waals surface area contributed by atoms with Crippen molar-refractivity contribution in [1.29, 1.82) is 0 Å². The van der Waals surface area contributed by atoms with Gasteiger partial charge in [0.05, 0.1) is 12.4 Å². The molecule has 0 aliphatic rings. The fourth-order valence-electron chi connectivity index (χ4n) is 2.00. The van der Waals surface area contributed by atoms with Crippen molar-refractivity contribution in [3.8, 4) is 17.3 Å². The van der Waals surface area contributed by atoms with Crippen LogP contribution in [0.25, 0.3) is 11.6 Å². The van der Waals surface area contributed by atoms with Gasteiger partial charge in [0.2, 0.25) is 0 Å². The average Bonchev–Trinajstić information content (AvgIpc) is 3.22. The van der Waals surface area contributed by atoms with Gasteiger partial charge in [0.15, 0.2) is 16.7 Å². The number of aromatic nitrogens is 3. The lowest BCUT2D eigenvalue weighted by molar-refractivity contribution is 0.126. The Balaban J connectivity index is 1.51. The average molecular weight is 366 g/mol. The molecule has 24 heavy (non-hydrogen) atoms. The molecule has 6 nitrogen and oxygen atoms in total. The summed E-state index contributed by atoms with van der Waals surface area (Å²) in [5.74, 6) is 2.41. The van der Waals surface area contributed by atoms with Gasteiger partial charge >= 0.3 is 0 Å². The molecule has 0 saturated heterocycles. The first-order chi connectivity index (χ1) is 11.6. The maximum absolute atomic E-state index is 10.1. The highest BCUT2D eigenvalue weighted by atomic mass is 35.5. The summed E-state index contributed by atoms with van der Waals surface area (Å²) >= 11 is 7.22. The lowest BCUT2D eigenvalue weighted by Gasteiger charge is -2.11. The van der Waals surface area contributed by atoms with Gasteiger partial charge in [0, 0.05) is 17.8 Å². The van der Waals surface area contributed by atoms with Crippen molar-refractivity contribution in [2.75, 3.05) is 12.4 Å². The first-order valence-electron chi connectivity index (χ1n) is 7.26. The molecule has 1 aromatic carbocycles. The van der Waals surface area contributed by atoms with Gasteiger partial charge in [-0.25, -0.2) is 0 Å². The number of hydrogen-bond acceptors (Lipinski definition) is 6. The molecule has 2 heterocycles. The number of aliphatic hydroxyl groups excluding tert-OH is 1. The zero-order chi connectivity index (χ0) is 16.9. The van der Waals surface area contributed by atoms with Crippen LogP contribution in [0.5, 0.6) is 5.75 Å². The molecule has 0 bridgehead atoms. The van der Waals surface area contributed by atoms with Gasteiger partial charge in [-0.3, -0.25) is 0 Å². The number of hydrogen-bond donors (Lipinski definition) is 1. The molecule has 0 saturated carbocycles. The van der Waals surface area contributed by atoms with Crippen LogP contribution in [0.3, 0.4) is 0 Å². The number of ether oxygens (including phenoxy) is 1. The Labute approximate surface area is 148 Å². The van der Waals surface area contributed by atoms with Gasteiger partial charge in [0.25, 0.3) is 0 Å². The van der Waals surface area contributed by atoms with E-state index in [-0.39, 0.29) is 6.61 Å². The Hall–Kier alpha value is -1.96. The zero-order valence-corrected chi connectivity index (χ0v) is 14.5. The van der Waals surface area contributed by atoms with Crippen LogP contribution < -0.4 is 4.74 Å². The maximum atomic E-state index is 10.1. The van der Waals surface area contributed by atoms with E-state index in [0.717, 1.165) is 0 Å². The lowest BCUT2D eigenvalue weighted by atomic mass is 10.3. The molecular formula is C16H16ClN3O3S. The molecule has 0 radical (unpaired) electrons. The second-order valence-electron chi connectivity index (χ2n) is 5.07. The minimum absolute atomic E-state index is 0.192. The van der Waals surface area contributed by atoms with E-state index in [1.807, 2.05) is 17.7 Å². The topological polar surface area (TPSA) is 73.3 Å². The summed E-state index contributed by atoms with van der Waals surface area (Å²) in [6.45, 7) is 0.192. The first kappa shape index (κ1) is 16.9. The molecule has 1 atom stereocenters. The number of nitrogens with zero attached hydrogens (tertiary/aromatic N) is 3. The molecule has 126 valence electrons. The van der Waals surface area contributed by atoms with Crippen molar-refractivity contribution in [1.82, 2.24) is 14.8 Å². The summed E-state index contributed by atoms with van der Waals surface area (Å²) in [7, 11) is 1.86. The smallest absolute Gasteiger partial charge is 0.200 e. The number of aliphatic hydroxyl groups is 1. The summed E-state index contributed by atoms with van der Waals surface area (Å²) in [4.78, 5) is 0. The van der Waals surface area contributed by atoms with Crippen LogP contribution in [0.2, 0.25) is 5.02 Å². The molecule has 8 heteroatoms. The minimum atomic E-state index is -0.630. The standard InChI is InChI=1S/C16H16ClN3O3S/c1-20-15(14-3-2-8-22-14)18-19-16(20)24-10-12(21)9-23-13-6-4-11(17)5-7-13/h2-8,12,21H,9-10H2,1H3. The van der Waals surface area contributed by atoms with E-state index < -0.39 is 6.10 Å². The van der Waals surface area contributed by atoms with Crippen molar-refractivity contribution in [2.45, 2.75) is 11.3 Å². The van der Waals surface area contributed by atoms with Crippen LogP contribution >= 0.6 is 23.4 Å². The Morgan fingerprint density at radius 2 is 2.08 bits per heavy atom. The van der Waals surface area contributed by atoms with Gasteiger partial charge in [0.1, 0.15) is 12.4 Å². The number of rotatable bonds is 7. The summed E-state index contributed by atoms with van der Waals surface area (Å²) < 4.78 is 12.7. The van der Waals surface area contributed by atoms with Crippen molar-refractivity contribution < 1.29 is 14.3 Å². The van der Waals surface area contributed by atoms with Crippen molar-refractivity contribution in [3.63, 3.8) is 0 Å². The number of benzene rings is 1. The third-order valence-corrected chi connectivity index (χ3v) is 4.65. The Bertz CT molecular complexity index is 774. The van der Waals surface area contributed by atoms with Crippen molar-refractivity contribution in [2.24, 2.45) is 7.05 Å². The quantitative estimate of drug-likeness (QED) is 0.648. The van der Waals surface area contributed by atoms with Gasteiger partial charge in [-0.2, -0.15) is 0 Å². The van der Waals surface area contributed by atoms with E-state index in [2.05, 4.69) is 10.2 Å². The monoisotopic (exact) mass is 365 g/mol. The number of thioether (sulfide) groups is 1. The second-order valence-corrected chi connectivity index (χ2v) is 6.50. The van der Waals surface area contributed by atoms with Crippen LogP contribution in [-0.4, -0.2) is 38.3 Å². The van der Waals surface area contributed by atoms with Crippen LogP contribution in [0.4, 0.5) is 0 Å². The SMILES string of the molecule is Cn1c(SCC(O)COc2ccc(Cl)cc2)nnc1-c1ccco1. The van der Waals surface area contributed by atoms with Crippen LogP contribution in [-0.2, 0) is 7.05 Å². The molecule has 1 N–H and O–H groups in total. The highest BCUT2D eigenvalue weighted by Gasteiger charge is 2.15. The molecular weight excluding hydrogens is 350 g/mol. The van der Waals surface area contributed by atoms with Gasteiger partial charge < -0.3 is 18.8 Å². The number of furan rings is 1. The van der Waals surface area contributed by atoms with Crippen LogP contribution in [0.15, 0.2) is 52.2 Å². The molecule has 0 amide bonds. The Morgan fingerprint density at radius 3 is 2.79 bits per heavy atom. The van der Waals surface area contributed by atoms with E-state index >= 15 is 0 Å². The van der Waals surface area contributed by atoms with E-state index in [4.69, 9.17) is 20.8 Å². The van der Waals surface area contributed by atoms with E-state index in [1.54, 1.807) is 36.6 Å². The van der Waals surface area contributed by atoms with Crippen LogP contribution in [0.1, 0.15) is 0 Å². The lowest BCUT2D eigenvalue weighted by Crippen LogP contribution is -2.20. The minimum Gasteiger partial charge on any atom is -0.491 e. The summed E-state index contributed by atoms with van der Waals surface area (Å²) in [6, 6.07) is 10.6. The number of halogens is 1. The molecule has 3 rings (SSSR count). The summed E-state index contributed by atoms with van der Waals surface area (Å²) in [6.07, 6.45) is 0.962. The second kappa shape index (κ2) is 7.74. The highest BCUT2D eigenvalue weighted by Crippen LogP contribution is 2.23. The molecule has 0 aliphatic carbocycles. The Morgan fingerprint density at radius 1 is 1.29 bits per heavy atom. The maximum Gasteiger partial charge on any atom is 0.200 e. The van der Waals surface area contributed by atoms with Crippen LogP contribution in [0, 0.1) is 0 Å². The van der Waals surface area contributed by atoms with E-state index in [9.17, 15) is 5.11 Å². The molecule has 2 aromatic heterocycles. The third-order valence-electron chi connectivity index (χ3n) is 3.24. The molecule has 0 aliphatic heterocycles. The predicted octanol–water partition coefficient (Wildman–Crippen LogP) is 3.26. The van der Waals surface area contributed by atoms with Gasteiger partial charge in [-0.05, 0) is 36.4 Å². The molecule has 0 fully saturated rings. The molecule has 1 unspecified atom stereocenters. The van der Waals surface area contributed by atoms with Gasteiger partial charge in [-0.1, -0.05) is 23.4 Å². The third kappa shape index (κ3) is 4.11. The molecule has 3 aromatic rings. The molecule has 0 spiro atoms. The summed E-state index contributed by atoms with van der Waals surface area (Å²) in [5, 5.41) is 19.6. The van der Waals surface area contributed by atoms with Crippen molar-refractivity contribution in [3.05, 3.63) is 47.7 Å². The van der Waals surface area contributed by atoms with E-state index in [1.165, 1.54) is 11.8 Å². The highest BCUT2D eigenvalue weighted by molar-refractivity contribution is 7.99. The Kier molecular flexibility index (Phi) is 5.44. The van der Waals surface area contributed by atoms with Crippen molar-refractivity contribution >= 4 is 23.4 Å².